The molecule has 1 rings (SSSR count). The lowest BCUT2D eigenvalue weighted by Gasteiger charge is -2.22. The highest BCUT2D eigenvalue weighted by molar-refractivity contribution is 6.33. The normalized spacial score (nSPS) is 13.0. The van der Waals surface area contributed by atoms with Crippen molar-refractivity contribution in [3.05, 3.63) is 33.8 Å². The quantitative estimate of drug-likeness (QED) is 0.795. The standard InChI is InChI=1S/C14H22Cl2N2/c1-3-10(4-2)9-18-14(8-17)12-7-11(15)5-6-13(12)16/h5-7,10,14,18H,3-4,8-9,17H2,1-2H3. The van der Waals surface area contributed by atoms with Gasteiger partial charge < -0.3 is 11.1 Å². The molecule has 0 aromatic heterocycles. The van der Waals surface area contributed by atoms with Crippen LogP contribution in [0.5, 0.6) is 0 Å². The van der Waals surface area contributed by atoms with Crippen LogP contribution >= 0.6 is 23.2 Å². The summed E-state index contributed by atoms with van der Waals surface area (Å²) in [6.07, 6.45) is 2.34. The van der Waals surface area contributed by atoms with E-state index in [0.29, 0.717) is 22.5 Å². The van der Waals surface area contributed by atoms with Crippen LogP contribution in [0.15, 0.2) is 18.2 Å². The van der Waals surface area contributed by atoms with Gasteiger partial charge in [-0.1, -0.05) is 49.9 Å². The molecule has 0 spiro atoms. The van der Waals surface area contributed by atoms with Crippen molar-refractivity contribution in [1.29, 1.82) is 0 Å². The van der Waals surface area contributed by atoms with E-state index in [1.165, 1.54) is 12.8 Å². The van der Waals surface area contributed by atoms with E-state index in [0.717, 1.165) is 12.1 Å². The minimum Gasteiger partial charge on any atom is -0.329 e. The zero-order valence-corrected chi connectivity index (χ0v) is 12.6. The zero-order chi connectivity index (χ0) is 13.5. The Morgan fingerprint density at radius 2 is 1.89 bits per heavy atom. The summed E-state index contributed by atoms with van der Waals surface area (Å²) in [5.41, 5.74) is 6.81. The van der Waals surface area contributed by atoms with Crippen LogP contribution in [0.2, 0.25) is 10.0 Å². The molecule has 0 radical (unpaired) electrons. The number of hydrogen-bond acceptors (Lipinski definition) is 2. The topological polar surface area (TPSA) is 38.0 Å². The lowest BCUT2D eigenvalue weighted by molar-refractivity contribution is 0.414. The molecule has 0 aliphatic carbocycles. The van der Waals surface area contributed by atoms with Gasteiger partial charge >= 0.3 is 0 Å². The van der Waals surface area contributed by atoms with Gasteiger partial charge in [0.1, 0.15) is 0 Å². The molecular weight excluding hydrogens is 267 g/mol. The molecular formula is C14H22Cl2N2. The Labute approximate surface area is 120 Å². The van der Waals surface area contributed by atoms with Crippen molar-refractivity contribution in [3.63, 3.8) is 0 Å². The van der Waals surface area contributed by atoms with E-state index in [1.807, 2.05) is 12.1 Å². The van der Waals surface area contributed by atoms with E-state index in [-0.39, 0.29) is 6.04 Å². The molecule has 18 heavy (non-hydrogen) atoms. The van der Waals surface area contributed by atoms with Gasteiger partial charge in [-0.15, -0.1) is 0 Å². The molecule has 1 aromatic rings. The van der Waals surface area contributed by atoms with Crippen molar-refractivity contribution < 1.29 is 0 Å². The lowest BCUT2D eigenvalue weighted by Crippen LogP contribution is -2.32. The summed E-state index contributed by atoms with van der Waals surface area (Å²) in [5.74, 6) is 0.678. The Morgan fingerprint density at radius 1 is 1.22 bits per heavy atom. The predicted molar refractivity (Wildman–Crippen MR) is 80.3 cm³/mol. The Morgan fingerprint density at radius 3 is 2.44 bits per heavy atom. The second-order valence-electron chi connectivity index (χ2n) is 4.54. The van der Waals surface area contributed by atoms with Crippen LogP contribution in [0.25, 0.3) is 0 Å². The summed E-state index contributed by atoms with van der Waals surface area (Å²) in [6.45, 7) is 5.89. The van der Waals surface area contributed by atoms with Gasteiger partial charge in [-0.3, -0.25) is 0 Å². The first kappa shape index (κ1) is 15.8. The third-order valence-electron chi connectivity index (χ3n) is 3.38. The third kappa shape index (κ3) is 4.43. The van der Waals surface area contributed by atoms with E-state index in [2.05, 4.69) is 19.2 Å². The molecule has 0 saturated heterocycles. The van der Waals surface area contributed by atoms with E-state index >= 15 is 0 Å². The summed E-state index contributed by atoms with van der Waals surface area (Å²) >= 11 is 12.2. The molecule has 0 fully saturated rings. The van der Waals surface area contributed by atoms with Gasteiger partial charge in [-0.2, -0.15) is 0 Å². The van der Waals surface area contributed by atoms with E-state index in [9.17, 15) is 0 Å². The molecule has 4 heteroatoms. The van der Waals surface area contributed by atoms with Gasteiger partial charge in [0.15, 0.2) is 0 Å². The van der Waals surface area contributed by atoms with E-state index in [1.54, 1.807) is 6.07 Å². The summed E-state index contributed by atoms with van der Waals surface area (Å²) in [4.78, 5) is 0. The first-order valence-electron chi connectivity index (χ1n) is 6.50. The number of nitrogens with two attached hydrogens (primary N) is 1. The number of rotatable bonds is 7. The summed E-state index contributed by atoms with van der Waals surface area (Å²) in [5, 5.41) is 4.89. The largest absolute Gasteiger partial charge is 0.329 e. The highest BCUT2D eigenvalue weighted by Crippen LogP contribution is 2.26. The van der Waals surface area contributed by atoms with E-state index in [4.69, 9.17) is 28.9 Å². The Bertz CT molecular complexity index is 365. The average Bonchev–Trinajstić information content (AvgIpc) is 2.38. The van der Waals surface area contributed by atoms with Gasteiger partial charge in [0, 0.05) is 22.6 Å². The monoisotopic (exact) mass is 288 g/mol. The SMILES string of the molecule is CCC(CC)CNC(CN)c1cc(Cl)ccc1Cl. The number of nitrogens with one attached hydrogen (secondary N) is 1. The first-order valence-corrected chi connectivity index (χ1v) is 7.26. The molecule has 0 bridgehead atoms. The molecule has 102 valence electrons. The van der Waals surface area contributed by atoms with Crippen LogP contribution in [-0.4, -0.2) is 13.1 Å². The molecule has 1 aromatic carbocycles. The second kappa shape index (κ2) is 8.00. The van der Waals surface area contributed by atoms with Gasteiger partial charge in [0.2, 0.25) is 0 Å². The van der Waals surface area contributed by atoms with Crippen LogP contribution in [0.3, 0.4) is 0 Å². The molecule has 3 N–H and O–H groups in total. The minimum atomic E-state index is 0.0665. The van der Waals surface area contributed by atoms with Crippen molar-refractivity contribution in [1.82, 2.24) is 5.32 Å². The molecule has 0 aliphatic rings. The highest BCUT2D eigenvalue weighted by atomic mass is 35.5. The Kier molecular flexibility index (Phi) is 7.02. The fourth-order valence-electron chi connectivity index (χ4n) is 1.99. The maximum Gasteiger partial charge on any atom is 0.0460 e. The highest BCUT2D eigenvalue weighted by Gasteiger charge is 2.14. The third-order valence-corrected chi connectivity index (χ3v) is 3.96. The fraction of sp³-hybridized carbons (Fsp3) is 0.571. The fourth-order valence-corrected chi connectivity index (χ4v) is 2.42. The maximum atomic E-state index is 6.20. The summed E-state index contributed by atoms with van der Waals surface area (Å²) in [7, 11) is 0. The summed E-state index contributed by atoms with van der Waals surface area (Å²) < 4.78 is 0. The molecule has 0 saturated carbocycles. The maximum absolute atomic E-state index is 6.20. The second-order valence-corrected chi connectivity index (χ2v) is 5.39. The minimum absolute atomic E-state index is 0.0665. The molecule has 0 heterocycles. The number of halogens is 2. The van der Waals surface area contributed by atoms with Crippen molar-refractivity contribution in [2.45, 2.75) is 32.7 Å². The number of benzene rings is 1. The molecule has 0 aliphatic heterocycles. The van der Waals surface area contributed by atoms with Crippen LogP contribution in [0, 0.1) is 5.92 Å². The van der Waals surface area contributed by atoms with Crippen molar-refractivity contribution in [2.75, 3.05) is 13.1 Å². The number of hydrogen-bond donors (Lipinski definition) is 2. The Hall–Kier alpha value is -0.280. The lowest BCUT2D eigenvalue weighted by atomic mass is 10.0. The molecule has 1 unspecified atom stereocenters. The summed E-state index contributed by atoms with van der Waals surface area (Å²) in [6, 6.07) is 5.57. The molecule has 1 atom stereocenters. The average molecular weight is 289 g/mol. The Balaban J connectivity index is 2.73. The van der Waals surface area contributed by atoms with Crippen molar-refractivity contribution in [2.24, 2.45) is 11.7 Å². The smallest absolute Gasteiger partial charge is 0.0460 e. The molecule has 0 amide bonds. The van der Waals surface area contributed by atoms with Crippen LogP contribution in [0.4, 0.5) is 0 Å². The van der Waals surface area contributed by atoms with Crippen molar-refractivity contribution in [3.8, 4) is 0 Å². The first-order chi connectivity index (χ1) is 8.62. The predicted octanol–water partition coefficient (Wildman–Crippen LogP) is 4.02. The van der Waals surface area contributed by atoms with Gasteiger partial charge in [-0.05, 0) is 36.2 Å². The van der Waals surface area contributed by atoms with Crippen molar-refractivity contribution >= 4 is 23.2 Å². The van der Waals surface area contributed by atoms with Crippen LogP contribution in [0.1, 0.15) is 38.3 Å². The molecule has 2 nitrogen and oxygen atoms in total. The van der Waals surface area contributed by atoms with Crippen LogP contribution < -0.4 is 11.1 Å². The van der Waals surface area contributed by atoms with E-state index < -0.39 is 0 Å². The van der Waals surface area contributed by atoms with Gasteiger partial charge in [0.25, 0.3) is 0 Å². The van der Waals surface area contributed by atoms with Gasteiger partial charge in [0.05, 0.1) is 0 Å². The van der Waals surface area contributed by atoms with Gasteiger partial charge in [-0.25, -0.2) is 0 Å². The zero-order valence-electron chi connectivity index (χ0n) is 11.0. The van der Waals surface area contributed by atoms with Crippen LogP contribution in [-0.2, 0) is 0 Å².